The molecule has 0 bridgehead atoms. The first-order valence-electron chi connectivity index (χ1n) is 5.92. The Morgan fingerprint density at radius 2 is 1.85 bits per heavy atom. The molecule has 3 rings (SSSR count). The van der Waals surface area contributed by atoms with E-state index in [0.717, 1.165) is 0 Å². The molecule has 0 unspecified atom stereocenters. The lowest BCUT2D eigenvalue weighted by atomic mass is 10.0. The van der Waals surface area contributed by atoms with Crippen molar-refractivity contribution < 1.29 is 13.2 Å². The number of rotatable bonds is 2. The third-order valence-electron chi connectivity index (χ3n) is 2.94. The zero-order chi connectivity index (χ0) is 14.1. The molecular formula is C13H9F3N4. The van der Waals surface area contributed by atoms with Gasteiger partial charge in [0.15, 0.2) is 0 Å². The van der Waals surface area contributed by atoms with E-state index in [9.17, 15) is 13.2 Å². The Morgan fingerprint density at radius 3 is 2.50 bits per heavy atom. The molecule has 0 amide bonds. The molecule has 0 fully saturated rings. The minimum atomic E-state index is -0.992. The monoisotopic (exact) mass is 278 g/mol. The summed E-state index contributed by atoms with van der Waals surface area (Å²) in [6, 6.07) is 1.27. The molecule has 102 valence electrons. The molecule has 0 radical (unpaired) electrons. The maximum absolute atomic E-state index is 13.9. The summed E-state index contributed by atoms with van der Waals surface area (Å²) in [5.74, 6) is -2.95. The van der Waals surface area contributed by atoms with Crippen molar-refractivity contribution in [1.29, 1.82) is 0 Å². The largest absolute Gasteiger partial charge is 0.258 e. The van der Waals surface area contributed by atoms with Crippen LogP contribution in [-0.4, -0.2) is 21.0 Å². The summed E-state index contributed by atoms with van der Waals surface area (Å²) in [4.78, 5) is 7.85. The van der Waals surface area contributed by atoms with Gasteiger partial charge in [0.1, 0.15) is 30.1 Å². The Kier molecular flexibility index (Phi) is 3.09. The van der Waals surface area contributed by atoms with Gasteiger partial charge in [-0.25, -0.2) is 22.8 Å². The van der Waals surface area contributed by atoms with Gasteiger partial charge >= 0.3 is 0 Å². The number of halogens is 3. The maximum atomic E-state index is 13.9. The predicted octanol–water partition coefficient (Wildman–Crippen LogP) is 2.89. The van der Waals surface area contributed by atoms with Crippen molar-refractivity contribution in [2.45, 2.75) is 12.8 Å². The molecule has 0 spiro atoms. The van der Waals surface area contributed by atoms with Crippen LogP contribution in [0.25, 0.3) is 11.4 Å². The normalized spacial score (nSPS) is 14.9. The van der Waals surface area contributed by atoms with Crippen molar-refractivity contribution in [1.82, 2.24) is 14.8 Å². The number of aromatic nitrogens is 3. The van der Waals surface area contributed by atoms with Crippen LogP contribution < -0.4 is 0 Å². The van der Waals surface area contributed by atoms with E-state index in [1.807, 2.05) is 0 Å². The van der Waals surface area contributed by atoms with E-state index < -0.39 is 17.5 Å². The molecule has 20 heavy (non-hydrogen) atoms. The average molecular weight is 278 g/mol. The van der Waals surface area contributed by atoms with Crippen molar-refractivity contribution in [2.75, 3.05) is 0 Å². The summed E-state index contributed by atoms with van der Waals surface area (Å²) < 4.78 is 42.1. The molecule has 2 aromatic rings. The van der Waals surface area contributed by atoms with Gasteiger partial charge in [-0.3, -0.25) is 4.99 Å². The molecule has 1 aliphatic rings. The first kappa shape index (κ1) is 12.6. The fourth-order valence-electron chi connectivity index (χ4n) is 2.10. The van der Waals surface area contributed by atoms with Crippen molar-refractivity contribution in [3.63, 3.8) is 0 Å². The molecule has 1 aromatic carbocycles. The van der Waals surface area contributed by atoms with Gasteiger partial charge in [0.2, 0.25) is 0 Å². The highest BCUT2D eigenvalue weighted by atomic mass is 19.1. The van der Waals surface area contributed by atoms with E-state index >= 15 is 0 Å². The van der Waals surface area contributed by atoms with E-state index in [2.05, 4.69) is 15.1 Å². The number of allylic oxidation sites excluding steroid dienone is 1. The minimum Gasteiger partial charge on any atom is -0.258 e. The Labute approximate surface area is 112 Å². The summed E-state index contributed by atoms with van der Waals surface area (Å²) >= 11 is 0. The van der Waals surface area contributed by atoms with Gasteiger partial charge in [0.25, 0.3) is 0 Å². The Hall–Kier alpha value is -2.44. The molecule has 0 aliphatic carbocycles. The van der Waals surface area contributed by atoms with Gasteiger partial charge in [0, 0.05) is 18.3 Å². The number of aliphatic imine (C=N–C) groups is 1. The molecular weight excluding hydrogens is 269 g/mol. The highest BCUT2D eigenvalue weighted by Gasteiger charge is 2.21. The molecule has 0 N–H and O–H groups in total. The van der Waals surface area contributed by atoms with Gasteiger partial charge in [-0.15, -0.1) is 0 Å². The van der Waals surface area contributed by atoms with Gasteiger partial charge in [0.05, 0.1) is 17.0 Å². The number of benzene rings is 1. The molecule has 0 saturated carbocycles. The third-order valence-corrected chi connectivity index (χ3v) is 2.94. The van der Waals surface area contributed by atoms with Crippen LogP contribution >= 0.6 is 0 Å². The van der Waals surface area contributed by atoms with Crippen LogP contribution in [0.2, 0.25) is 0 Å². The molecule has 7 heteroatoms. The smallest absolute Gasteiger partial charge is 0.138 e. The van der Waals surface area contributed by atoms with E-state index in [4.69, 9.17) is 0 Å². The number of hydrogen-bond donors (Lipinski definition) is 0. The fourth-order valence-corrected chi connectivity index (χ4v) is 2.10. The van der Waals surface area contributed by atoms with Crippen LogP contribution in [0.4, 0.5) is 13.2 Å². The Bertz CT molecular complexity index is 681. The summed E-state index contributed by atoms with van der Waals surface area (Å²) in [5, 5.41) is 3.95. The fraction of sp³-hybridized carbons (Fsp3) is 0.154. The number of nitrogens with zero attached hydrogens (tertiary/aromatic N) is 4. The topological polar surface area (TPSA) is 43.1 Å². The molecule has 0 saturated heterocycles. The number of hydrogen-bond acceptors (Lipinski definition) is 3. The van der Waals surface area contributed by atoms with Crippen molar-refractivity contribution in [3.8, 4) is 0 Å². The van der Waals surface area contributed by atoms with E-state index in [0.29, 0.717) is 30.7 Å². The summed E-state index contributed by atoms with van der Waals surface area (Å²) in [6.45, 7) is 0. The van der Waals surface area contributed by atoms with Crippen molar-refractivity contribution >= 4 is 17.6 Å². The zero-order valence-electron chi connectivity index (χ0n) is 10.2. The zero-order valence-corrected chi connectivity index (χ0v) is 10.2. The molecule has 1 aliphatic heterocycles. The van der Waals surface area contributed by atoms with Crippen LogP contribution in [0.3, 0.4) is 0 Å². The summed E-state index contributed by atoms with van der Waals surface area (Å²) in [5.41, 5.74) is 0.277. The maximum Gasteiger partial charge on any atom is 0.138 e. The highest BCUT2D eigenvalue weighted by molar-refractivity contribution is 5.89. The molecule has 4 nitrogen and oxygen atoms in total. The second kappa shape index (κ2) is 4.92. The van der Waals surface area contributed by atoms with Gasteiger partial charge < -0.3 is 0 Å². The quantitative estimate of drug-likeness (QED) is 0.847. The molecule has 1 aromatic heterocycles. The van der Waals surface area contributed by atoms with Crippen molar-refractivity contribution in [3.05, 3.63) is 47.8 Å². The third kappa shape index (κ3) is 2.11. The second-order valence-corrected chi connectivity index (χ2v) is 4.23. The van der Waals surface area contributed by atoms with E-state index in [1.54, 1.807) is 6.21 Å². The lowest BCUT2D eigenvalue weighted by molar-refractivity contribution is 0.538. The van der Waals surface area contributed by atoms with Gasteiger partial charge in [-0.05, 0) is 12.8 Å². The standard InChI is InChI=1S/C13H9F3N4/c14-8-4-9(15)12(10(16)5-8)13-11(2-1-3-18-13)20-7-17-6-19-20/h3-7H,1-2H2. The van der Waals surface area contributed by atoms with Crippen LogP contribution in [0, 0.1) is 17.5 Å². The first-order chi connectivity index (χ1) is 9.66. The Balaban J connectivity index is 2.23. The first-order valence-corrected chi connectivity index (χ1v) is 5.92. The lowest BCUT2D eigenvalue weighted by Crippen LogP contribution is -2.07. The van der Waals surface area contributed by atoms with Crippen molar-refractivity contribution in [2.24, 2.45) is 4.99 Å². The SMILES string of the molecule is Fc1cc(F)c(C2=C(n3cncn3)CCC=N2)c(F)c1. The molecule has 2 heterocycles. The minimum absolute atomic E-state index is 0.108. The van der Waals surface area contributed by atoms with Crippen LogP contribution in [0.15, 0.2) is 29.8 Å². The van der Waals surface area contributed by atoms with Gasteiger partial charge in [-0.2, -0.15) is 5.10 Å². The van der Waals surface area contributed by atoms with Crippen LogP contribution in [0.5, 0.6) is 0 Å². The van der Waals surface area contributed by atoms with E-state index in [1.165, 1.54) is 17.3 Å². The second-order valence-electron chi connectivity index (χ2n) is 4.23. The summed E-state index contributed by atoms with van der Waals surface area (Å²) in [7, 11) is 0. The Morgan fingerprint density at radius 1 is 1.10 bits per heavy atom. The van der Waals surface area contributed by atoms with Crippen LogP contribution in [-0.2, 0) is 0 Å². The average Bonchev–Trinajstić information content (AvgIpc) is 2.92. The highest BCUT2D eigenvalue weighted by Crippen LogP contribution is 2.32. The van der Waals surface area contributed by atoms with Gasteiger partial charge in [-0.1, -0.05) is 0 Å². The molecule has 0 atom stereocenters. The predicted molar refractivity (Wildman–Crippen MR) is 67.2 cm³/mol. The van der Waals surface area contributed by atoms with E-state index in [-0.39, 0.29) is 11.3 Å². The lowest BCUT2D eigenvalue weighted by Gasteiger charge is -2.16. The summed E-state index contributed by atoms with van der Waals surface area (Å²) in [6.07, 6.45) is 5.45. The van der Waals surface area contributed by atoms with Crippen LogP contribution in [0.1, 0.15) is 18.4 Å².